The Balaban J connectivity index is 2.28. The van der Waals surface area contributed by atoms with Crippen molar-refractivity contribution < 1.29 is 0 Å². The summed E-state index contributed by atoms with van der Waals surface area (Å²) in [7, 11) is 0. The molecule has 0 spiro atoms. The van der Waals surface area contributed by atoms with Gasteiger partial charge in [0.05, 0.1) is 0 Å². The molecule has 0 saturated carbocycles. The second kappa shape index (κ2) is 3.56. The van der Waals surface area contributed by atoms with Crippen LogP contribution >= 0.6 is 0 Å². The Labute approximate surface area is 77.2 Å². The molecule has 3 nitrogen and oxygen atoms in total. The summed E-state index contributed by atoms with van der Waals surface area (Å²) in [4.78, 5) is 11.7. The number of hydrogen-bond donors (Lipinski definition) is 1. The number of nitrogens with zero attached hydrogens (tertiary/aromatic N) is 2. The summed E-state index contributed by atoms with van der Waals surface area (Å²) in [5.41, 5.74) is 3.10. The normalized spacial score (nSPS) is 10.8. The zero-order chi connectivity index (χ0) is 9.10. The van der Waals surface area contributed by atoms with E-state index in [0.29, 0.717) is 0 Å². The molecule has 0 atom stereocenters. The SMILES string of the molecule is CCCCc1cc2nccnc2[nH]1. The summed E-state index contributed by atoms with van der Waals surface area (Å²) in [6, 6.07) is 2.08. The van der Waals surface area contributed by atoms with E-state index in [9.17, 15) is 0 Å². The molecule has 0 saturated heterocycles. The minimum Gasteiger partial charge on any atom is -0.342 e. The van der Waals surface area contributed by atoms with E-state index in [4.69, 9.17) is 0 Å². The van der Waals surface area contributed by atoms with Crippen LogP contribution in [0, 0.1) is 0 Å². The lowest BCUT2D eigenvalue weighted by atomic mass is 10.2. The Morgan fingerprint density at radius 2 is 2.15 bits per heavy atom. The predicted molar refractivity (Wildman–Crippen MR) is 52.5 cm³/mol. The van der Waals surface area contributed by atoms with Gasteiger partial charge in [-0.25, -0.2) is 4.98 Å². The fraction of sp³-hybridized carbons (Fsp3) is 0.400. The van der Waals surface area contributed by atoms with E-state index in [0.717, 1.165) is 17.6 Å². The Morgan fingerprint density at radius 3 is 2.92 bits per heavy atom. The van der Waals surface area contributed by atoms with Crippen LogP contribution in [0.2, 0.25) is 0 Å². The van der Waals surface area contributed by atoms with Crippen LogP contribution in [0.4, 0.5) is 0 Å². The third-order valence-corrected chi connectivity index (χ3v) is 2.12. The molecule has 68 valence electrons. The first-order valence-corrected chi connectivity index (χ1v) is 4.68. The van der Waals surface area contributed by atoms with E-state index in [2.05, 4.69) is 27.9 Å². The molecule has 0 amide bonds. The number of unbranched alkanes of at least 4 members (excludes halogenated alkanes) is 1. The third kappa shape index (κ3) is 1.69. The van der Waals surface area contributed by atoms with Crippen LogP contribution in [0.3, 0.4) is 0 Å². The number of aryl methyl sites for hydroxylation is 1. The first kappa shape index (κ1) is 8.23. The van der Waals surface area contributed by atoms with Gasteiger partial charge in [-0.3, -0.25) is 4.98 Å². The van der Waals surface area contributed by atoms with Crippen molar-refractivity contribution in [1.82, 2.24) is 15.0 Å². The number of nitrogens with one attached hydrogen (secondary N) is 1. The molecular weight excluding hydrogens is 162 g/mol. The van der Waals surface area contributed by atoms with Crippen LogP contribution in [0.15, 0.2) is 18.5 Å². The van der Waals surface area contributed by atoms with E-state index >= 15 is 0 Å². The van der Waals surface area contributed by atoms with Crippen LogP contribution in [0.5, 0.6) is 0 Å². The van der Waals surface area contributed by atoms with Gasteiger partial charge in [0, 0.05) is 18.1 Å². The lowest BCUT2D eigenvalue weighted by Crippen LogP contribution is -1.83. The minimum atomic E-state index is 0.897. The molecule has 2 aromatic rings. The van der Waals surface area contributed by atoms with E-state index in [1.54, 1.807) is 12.4 Å². The molecule has 3 heteroatoms. The van der Waals surface area contributed by atoms with Crippen molar-refractivity contribution in [1.29, 1.82) is 0 Å². The van der Waals surface area contributed by atoms with Gasteiger partial charge < -0.3 is 4.98 Å². The second-order valence-electron chi connectivity index (χ2n) is 3.19. The lowest BCUT2D eigenvalue weighted by molar-refractivity contribution is 0.782. The van der Waals surface area contributed by atoms with Gasteiger partial charge in [0.2, 0.25) is 0 Å². The molecule has 0 unspecified atom stereocenters. The average Bonchev–Trinajstić information content (AvgIpc) is 2.57. The molecule has 0 bridgehead atoms. The van der Waals surface area contributed by atoms with Crippen LogP contribution in [-0.4, -0.2) is 15.0 Å². The smallest absolute Gasteiger partial charge is 0.156 e. The van der Waals surface area contributed by atoms with E-state index < -0.39 is 0 Å². The molecule has 0 aliphatic carbocycles. The summed E-state index contributed by atoms with van der Waals surface area (Å²) in [6.45, 7) is 2.19. The van der Waals surface area contributed by atoms with Crippen molar-refractivity contribution >= 4 is 11.2 Å². The molecule has 0 aliphatic heterocycles. The highest BCUT2D eigenvalue weighted by molar-refractivity contribution is 5.70. The van der Waals surface area contributed by atoms with Gasteiger partial charge in [0.1, 0.15) is 5.52 Å². The zero-order valence-electron chi connectivity index (χ0n) is 7.75. The maximum Gasteiger partial charge on any atom is 0.156 e. The standard InChI is InChI=1S/C10H13N3/c1-2-3-4-8-7-9-10(13-8)12-6-5-11-9/h5-7H,2-4H2,1H3,(H,12,13). The summed E-state index contributed by atoms with van der Waals surface area (Å²) >= 11 is 0. The van der Waals surface area contributed by atoms with Gasteiger partial charge in [-0.1, -0.05) is 13.3 Å². The summed E-state index contributed by atoms with van der Waals surface area (Å²) < 4.78 is 0. The van der Waals surface area contributed by atoms with Crippen molar-refractivity contribution in [3.8, 4) is 0 Å². The summed E-state index contributed by atoms with van der Waals surface area (Å²) in [6.07, 6.45) is 6.96. The van der Waals surface area contributed by atoms with Crippen LogP contribution in [0.1, 0.15) is 25.5 Å². The average molecular weight is 175 g/mol. The maximum absolute atomic E-state index is 4.22. The van der Waals surface area contributed by atoms with Gasteiger partial charge in [-0.05, 0) is 18.9 Å². The molecular formula is C10H13N3. The van der Waals surface area contributed by atoms with Gasteiger partial charge in [-0.2, -0.15) is 0 Å². The molecule has 0 fully saturated rings. The lowest BCUT2D eigenvalue weighted by Gasteiger charge is -1.91. The molecule has 2 rings (SSSR count). The molecule has 0 aliphatic rings. The highest BCUT2D eigenvalue weighted by Crippen LogP contribution is 2.11. The first-order valence-electron chi connectivity index (χ1n) is 4.68. The molecule has 13 heavy (non-hydrogen) atoms. The van der Waals surface area contributed by atoms with Crippen LogP contribution in [-0.2, 0) is 6.42 Å². The topological polar surface area (TPSA) is 41.6 Å². The van der Waals surface area contributed by atoms with Crippen molar-refractivity contribution in [2.75, 3.05) is 0 Å². The molecule has 2 aromatic heterocycles. The van der Waals surface area contributed by atoms with Crippen LogP contribution < -0.4 is 0 Å². The Bertz CT molecular complexity index is 359. The fourth-order valence-corrected chi connectivity index (χ4v) is 1.41. The van der Waals surface area contributed by atoms with Crippen molar-refractivity contribution in [3.05, 3.63) is 24.2 Å². The van der Waals surface area contributed by atoms with Gasteiger partial charge >= 0.3 is 0 Å². The third-order valence-electron chi connectivity index (χ3n) is 2.12. The molecule has 0 aromatic carbocycles. The molecule has 0 radical (unpaired) electrons. The summed E-state index contributed by atoms with van der Waals surface area (Å²) in [5.74, 6) is 0. The number of aromatic amines is 1. The largest absolute Gasteiger partial charge is 0.342 e. The van der Waals surface area contributed by atoms with Crippen LogP contribution in [0.25, 0.3) is 11.2 Å². The van der Waals surface area contributed by atoms with Gasteiger partial charge in [0.25, 0.3) is 0 Å². The van der Waals surface area contributed by atoms with E-state index in [-0.39, 0.29) is 0 Å². The van der Waals surface area contributed by atoms with E-state index in [1.165, 1.54) is 18.5 Å². The molecule has 1 N–H and O–H groups in total. The minimum absolute atomic E-state index is 0.897. The number of rotatable bonds is 3. The number of H-pyrrole nitrogens is 1. The number of hydrogen-bond acceptors (Lipinski definition) is 2. The zero-order valence-corrected chi connectivity index (χ0v) is 7.75. The number of aromatic nitrogens is 3. The van der Waals surface area contributed by atoms with E-state index in [1.807, 2.05) is 0 Å². The van der Waals surface area contributed by atoms with Gasteiger partial charge in [-0.15, -0.1) is 0 Å². The monoisotopic (exact) mass is 175 g/mol. The summed E-state index contributed by atoms with van der Waals surface area (Å²) in [5, 5.41) is 0. The quantitative estimate of drug-likeness (QED) is 0.777. The highest BCUT2D eigenvalue weighted by Gasteiger charge is 2.00. The Morgan fingerprint density at radius 1 is 1.31 bits per heavy atom. The van der Waals surface area contributed by atoms with Crippen molar-refractivity contribution in [2.45, 2.75) is 26.2 Å². The highest BCUT2D eigenvalue weighted by atomic mass is 14.9. The van der Waals surface area contributed by atoms with Crippen molar-refractivity contribution in [2.24, 2.45) is 0 Å². The van der Waals surface area contributed by atoms with Crippen molar-refractivity contribution in [3.63, 3.8) is 0 Å². The fourth-order valence-electron chi connectivity index (χ4n) is 1.41. The maximum atomic E-state index is 4.22. The predicted octanol–water partition coefficient (Wildman–Crippen LogP) is 2.30. The second-order valence-corrected chi connectivity index (χ2v) is 3.19. The van der Waals surface area contributed by atoms with Gasteiger partial charge in [0.15, 0.2) is 5.65 Å². The first-order chi connectivity index (χ1) is 6.40. The Kier molecular flexibility index (Phi) is 2.25. The molecule has 2 heterocycles. The Hall–Kier alpha value is -1.38. The number of fused-ring (bicyclic) bond motifs is 1.